The number of aromatic nitrogens is 2. The van der Waals surface area contributed by atoms with Gasteiger partial charge in [-0.1, -0.05) is 5.16 Å². The lowest BCUT2D eigenvalue weighted by Gasteiger charge is -2.12. The molecule has 1 aliphatic rings. The van der Waals surface area contributed by atoms with Crippen LogP contribution in [0.25, 0.3) is 0 Å². The molecule has 0 aromatic carbocycles. The van der Waals surface area contributed by atoms with Crippen molar-refractivity contribution in [3.05, 3.63) is 11.7 Å². The Labute approximate surface area is 119 Å². The standard InChI is InChI=1S/C13H23N5O2/c1-3-14-13(16-9-11-5-4-8-19-11)15-7-6-12-17-10(2)18-20-12/h11H,3-9H2,1-2H3,(H2,14,15,16). The highest BCUT2D eigenvalue weighted by Crippen LogP contribution is 2.11. The maximum absolute atomic E-state index is 5.56. The SMILES string of the molecule is CCNC(=NCC1CCCO1)NCCc1nc(C)no1. The Morgan fingerprint density at radius 2 is 2.35 bits per heavy atom. The van der Waals surface area contributed by atoms with Crippen LogP contribution in [0.3, 0.4) is 0 Å². The molecule has 2 rings (SSSR count). The molecule has 7 nitrogen and oxygen atoms in total. The van der Waals surface area contributed by atoms with Gasteiger partial charge in [0, 0.05) is 26.1 Å². The summed E-state index contributed by atoms with van der Waals surface area (Å²) in [7, 11) is 0. The van der Waals surface area contributed by atoms with E-state index in [0.717, 1.165) is 32.0 Å². The van der Waals surface area contributed by atoms with Gasteiger partial charge >= 0.3 is 0 Å². The molecule has 20 heavy (non-hydrogen) atoms. The largest absolute Gasteiger partial charge is 0.376 e. The lowest BCUT2D eigenvalue weighted by Crippen LogP contribution is -2.39. The molecule has 1 aromatic heterocycles. The molecule has 1 atom stereocenters. The highest BCUT2D eigenvalue weighted by Gasteiger charge is 2.14. The molecule has 1 saturated heterocycles. The van der Waals surface area contributed by atoms with E-state index in [1.807, 2.05) is 13.8 Å². The van der Waals surface area contributed by atoms with Crippen LogP contribution in [0.5, 0.6) is 0 Å². The van der Waals surface area contributed by atoms with Gasteiger partial charge in [-0.15, -0.1) is 0 Å². The van der Waals surface area contributed by atoms with Crippen LogP contribution in [0.4, 0.5) is 0 Å². The summed E-state index contributed by atoms with van der Waals surface area (Å²) in [4.78, 5) is 8.70. The Bertz CT molecular complexity index is 426. The second-order valence-electron chi connectivity index (χ2n) is 4.77. The molecule has 1 aromatic rings. The van der Waals surface area contributed by atoms with Gasteiger partial charge in [0.25, 0.3) is 0 Å². The molecular formula is C13H23N5O2. The summed E-state index contributed by atoms with van der Waals surface area (Å²) in [5.74, 6) is 2.11. The first-order chi connectivity index (χ1) is 9.78. The topological polar surface area (TPSA) is 84.6 Å². The second-order valence-corrected chi connectivity index (χ2v) is 4.77. The Kier molecular flexibility index (Phi) is 5.79. The van der Waals surface area contributed by atoms with Crippen molar-refractivity contribution in [2.45, 2.75) is 39.2 Å². The summed E-state index contributed by atoms with van der Waals surface area (Å²) < 4.78 is 10.6. The average Bonchev–Trinajstić information content (AvgIpc) is 3.08. The highest BCUT2D eigenvalue weighted by atomic mass is 16.5. The van der Waals surface area contributed by atoms with Gasteiger partial charge < -0.3 is 19.9 Å². The van der Waals surface area contributed by atoms with Crippen molar-refractivity contribution >= 4 is 5.96 Å². The van der Waals surface area contributed by atoms with Crippen LogP contribution in [0.15, 0.2) is 9.52 Å². The van der Waals surface area contributed by atoms with Gasteiger partial charge in [0.15, 0.2) is 11.8 Å². The molecule has 0 aliphatic carbocycles. The smallest absolute Gasteiger partial charge is 0.228 e. The van der Waals surface area contributed by atoms with Crippen LogP contribution in [0.1, 0.15) is 31.5 Å². The zero-order valence-electron chi connectivity index (χ0n) is 12.2. The van der Waals surface area contributed by atoms with E-state index in [9.17, 15) is 0 Å². The van der Waals surface area contributed by atoms with Crippen molar-refractivity contribution in [1.29, 1.82) is 0 Å². The molecule has 0 saturated carbocycles. The van der Waals surface area contributed by atoms with Gasteiger partial charge in [0.1, 0.15) is 0 Å². The van der Waals surface area contributed by atoms with Gasteiger partial charge in [-0.25, -0.2) is 0 Å². The number of hydrogen-bond donors (Lipinski definition) is 2. The van der Waals surface area contributed by atoms with E-state index < -0.39 is 0 Å². The quantitative estimate of drug-likeness (QED) is 0.588. The van der Waals surface area contributed by atoms with Crippen LogP contribution < -0.4 is 10.6 Å². The normalized spacial score (nSPS) is 19.3. The van der Waals surface area contributed by atoms with E-state index in [1.165, 1.54) is 0 Å². The first-order valence-electron chi connectivity index (χ1n) is 7.21. The molecule has 1 aliphatic heterocycles. The van der Waals surface area contributed by atoms with E-state index in [2.05, 4.69) is 25.8 Å². The monoisotopic (exact) mass is 281 g/mol. The Hall–Kier alpha value is -1.63. The number of nitrogens with zero attached hydrogens (tertiary/aromatic N) is 3. The lowest BCUT2D eigenvalue weighted by atomic mass is 10.2. The van der Waals surface area contributed by atoms with E-state index in [1.54, 1.807) is 0 Å². The predicted octanol–water partition coefficient (Wildman–Crippen LogP) is 0.655. The minimum Gasteiger partial charge on any atom is -0.376 e. The van der Waals surface area contributed by atoms with Crippen molar-refractivity contribution in [3.63, 3.8) is 0 Å². The summed E-state index contributed by atoms with van der Waals surface area (Å²) in [6, 6.07) is 0. The fourth-order valence-corrected chi connectivity index (χ4v) is 2.05. The predicted molar refractivity (Wildman–Crippen MR) is 75.7 cm³/mol. The molecule has 112 valence electrons. The maximum atomic E-state index is 5.56. The zero-order valence-corrected chi connectivity index (χ0v) is 12.2. The minimum atomic E-state index is 0.268. The van der Waals surface area contributed by atoms with E-state index in [4.69, 9.17) is 9.26 Å². The van der Waals surface area contributed by atoms with Crippen LogP contribution in [-0.2, 0) is 11.2 Å². The number of ether oxygens (including phenoxy) is 1. The number of nitrogens with one attached hydrogen (secondary N) is 2. The molecule has 1 fully saturated rings. The number of aryl methyl sites for hydroxylation is 1. The van der Waals surface area contributed by atoms with Gasteiger partial charge in [0.05, 0.1) is 12.6 Å². The second kappa shape index (κ2) is 7.84. The van der Waals surface area contributed by atoms with E-state index >= 15 is 0 Å². The summed E-state index contributed by atoms with van der Waals surface area (Å²) in [5, 5.41) is 10.2. The summed E-state index contributed by atoms with van der Waals surface area (Å²) >= 11 is 0. The molecule has 7 heteroatoms. The fourth-order valence-electron chi connectivity index (χ4n) is 2.05. The average molecular weight is 281 g/mol. The molecule has 2 heterocycles. The number of guanidine groups is 1. The van der Waals surface area contributed by atoms with Crippen molar-refractivity contribution in [2.75, 3.05) is 26.2 Å². The zero-order chi connectivity index (χ0) is 14.2. The molecule has 0 amide bonds. The van der Waals surface area contributed by atoms with Crippen LogP contribution in [0.2, 0.25) is 0 Å². The molecule has 1 unspecified atom stereocenters. The van der Waals surface area contributed by atoms with Gasteiger partial charge in [-0.3, -0.25) is 4.99 Å². The Morgan fingerprint density at radius 1 is 1.45 bits per heavy atom. The first kappa shape index (κ1) is 14.8. The van der Waals surface area contributed by atoms with E-state index in [0.29, 0.717) is 31.2 Å². The number of aliphatic imine (C=N–C) groups is 1. The van der Waals surface area contributed by atoms with Crippen LogP contribution in [0, 0.1) is 6.92 Å². The van der Waals surface area contributed by atoms with Gasteiger partial charge in [-0.2, -0.15) is 4.98 Å². The molecule has 0 spiro atoms. The van der Waals surface area contributed by atoms with Crippen molar-refractivity contribution in [2.24, 2.45) is 4.99 Å². The molecule has 0 bridgehead atoms. The summed E-state index contributed by atoms with van der Waals surface area (Å²) in [6.45, 7) is 6.96. The van der Waals surface area contributed by atoms with Crippen molar-refractivity contribution in [1.82, 2.24) is 20.8 Å². The Morgan fingerprint density at radius 3 is 3.00 bits per heavy atom. The maximum Gasteiger partial charge on any atom is 0.228 e. The van der Waals surface area contributed by atoms with Gasteiger partial charge in [-0.05, 0) is 26.7 Å². The lowest BCUT2D eigenvalue weighted by molar-refractivity contribution is 0.117. The fraction of sp³-hybridized carbons (Fsp3) is 0.769. The summed E-state index contributed by atoms with van der Waals surface area (Å²) in [6.07, 6.45) is 3.19. The molecule has 2 N–H and O–H groups in total. The molecule has 0 radical (unpaired) electrons. The van der Waals surface area contributed by atoms with E-state index in [-0.39, 0.29) is 6.10 Å². The Balaban J connectivity index is 1.74. The first-order valence-corrected chi connectivity index (χ1v) is 7.21. The number of hydrogen-bond acceptors (Lipinski definition) is 5. The third-order valence-electron chi connectivity index (χ3n) is 3.02. The third-order valence-corrected chi connectivity index (χ3v) is 3.02. The van der Waals surface area contributed by atoms with Crippen LogP contribution >= 0.6 is 0 Å². The van der Waals surface area contributed by atoms with Crippen molar-refractivity contribution < 1.29 is 9.26 Å². The third kappa shape index (κ3) is 4.80. The minimum absolute atomic E-state index is 0.268. The van der Waals surface area contributed by atoms with Crippen LogP contribution in [-0.4, -0.2) is 48.4 Å². The van der Waals surface area contributed by atoms with Crippen molar-refractivity contribution in [3.8, 4) is 0 Å². The van der Waals surface area contributed by atoms with Gasteiger partial charge in [0.2, 0.25) is 5.89 Å². The highest BCUT2D eigenvalue weighted by molar-refractivity contribution is 5.79. The molecular weight excluding hydrogens is 258 g/mol. The number of rotatable bonds is 6. The summed E-state index contributed by atoms with van der Waals surface area (Å²) in [5.41, 5.74) is 0.